The van der Waals surface area contributed by atoms with Crippen molar-refractivity contribution in [3.8, 4) is 0 Å². The van der Waals surface area contributed by atoms with Crippen LogP contribution >= 0.6 is 15.9 Å². The number of benzene rings is 1. The fourth-order valence-electron chi connectivity index (χ4n) is 1.93. The molecule has 2 aromatic rings. The number of nitrogens with two attached hydrogens (primary N) is 1. The zero-order valence-corrected chi connectivity index (χ0v) is 11.6. The molecule has 0 spiro atoms. The number of halogens is 1. The lowest BCUT2D eigenvalue weighted by Crippen LogP contribution is -2.24. The molecule has 4 nitrogen and oxygen atoms in total. The second kappa shape index (κ2) is 5.46. The number of nitrogens with zero attached hydrogens (tertiary/aromatic N) is 2. The highest BCUT2D eigenvalue weighted by Crippen LogP contribution is 2.24. The summed E-state index contributed by atoms with van der Waals surface area (Å²) in [5.74, 6) is -0.353. The van der Waals surface area contributed by atoms with Crippen LogP contribution in [0.4, 0.5) is 0 Å². The van der Waals surface area contributed by atoms with Gasteiger partial charge in [0.05, 0.1) is 16.6 Å². The molecule has 18 heavy (non-hydrogen) atoms. The normalized spacial score (nSPS) is 12.4. The number of carbonyl (C=O) groups excluding carboxylic acids is 1. The molecule has 0 bridgehead atoms. The number of carbonyl (C=O) groups is 1. The predicted molar refractivity (Wildman–Crippen MR) is 73.5 cm³/mol. The largest absolute Gasteiger partial charge is 0.329 e. The topological polar surface area (TPSA) is 60.9 Å². The zero-order valence-electron chi connectivity index (χ0n) is 10.0. The molecule has 1 heterocycles. The second-order valence-electron chi connectivity index (χ2n) is 4.03. The van der Waals surface area contributed by atoms with E-state index in [0.29, 0.717) is 10.2 Å². The Morgan fingerprint density at radius 2 is 2.11 bits per heavy atom. The number of aromatic nitrogens is 2. The molecular weight excluding hydrogens is 294 g/mol. The first kappa shape index (κ1) is 13.0. The van der Waals surface area contributed by atoms with Crippen molar-refractivity contribution in [2.24, 2.45) is 12.8 Å². The summed E-state index contributed by atoms with van der Waals surface area (Å²) in [6, 6.07) is 9.56. The van der Waals surface area contributed by atoms with Crippen molar-refractivity contribution >= 4 is 21.7 Å². The van der Waals surface area contributed by atoms with Crippen molar-refractivity contribution in [3.63, 3.8) is 0 Å². The van der Waals surface area contributed by atoms with E-state index in [1.807, 2.05) is 30.3 Å². The van der Waals surface area contributed by atoms with Gasteiger partial charge in [-0.15, -0.1) is 0 Å². The molecule has 0 aliphatic rings. The number of ketones is 1. The monoisotopic (exact) mass is 307 g/mol. The molecule has 1 aromatic carbocycles. The van der Waals surface area contributed by atoms with E-state index in [-0.39, 0.29) is 18.2 Å². The van der Waals surface area contributed by atoms with Crippen molar-refractivity contribution in [1.29, 1.82) is 0 Å². The smallest absolute Gasteiger partial charge is 0.190 e. The van der Waals surface area contributed by atoms with Crippen LogP contribution in [0.3, 0.4) is 0 Å². The molecule has 2 N–H and O–H groups in total. The Hall–Kier alpha value is -1.46. The predicted octanol–water partition coefficient (Wildman–Crippen LogP) is 2.11. The number of aryl methyl sites for hydroxylation is 1. The van der Waals surface area contributed by atoms with Gasteiger partial charge in [0.15, 0.2) is 5.78 Å². The van der Waals surface area contributed by atoms with E-state index in [2.05, 4.69) is 21.0 Å². The SMILES string of the molecule is Cn1ncc(Br)c1C(=O)C(CN)c1ccccc1. The second-order valence-corrected chi connectivity index (χ2v) is 4.88. The molecule has 94 valence electrons. The minimum absolute atomic E-state index is 0.0180. The number of hydrogen-bond acceptors (Lipinski definition) is 3. The number of Topliss-reactive ketones (excluding diaryl/α,β-unsaturated/α-hetero) is 1. The van der Waals surface area contributed by atoms with Crippen molar-refractivity contribution in [1.82, 2.24) is 9.78 Å². The summed E-state index contributed by atoms with van der Waals surface area (Å²) in [5.41, 5.74) is 7.23. The molecule has 0 amide bonds. The zero-order chi connectivity index (χ0) is 13.1. The Morgan fingerprint density at radius 1 is 1.44 bits per heavy atom. The summed E-state index contributed by atoms with van der Waals surface area (Å²) in [7, 11) is 1.75. The highest BCUT2D eigenvalue weighted by molar-refractivity contribution is 9.10. The van der Waals surface area contributed by atoms with E-state index < -0.39 is 0 Å². The Bertz CT molecular complexity index is 531. The van der Waals surface area contributed by atoms with E-state index >= 15 is 0 Å². The molecule has 2 rings (SSSR count). The van der Waals surface area contributed by atoms with Gasteiger partial charge in [-0.25, -0.2) is 0 Å². The third-order valence-electron chi connectivity index (χ3n) is 2.88. The Kier molecular flexibility index (Phi) is 3.93. The van der Waals surface area contributed by atoms with Gasteiger partial charge in [0.1, 0.15) is 5.69 Å². The summed E-state index contributed by atoms with van der Waals surface area (Å²) >= 11 is 3.34. The van der Waals surface area contributed by atoms with Crippen LogP contribution in [0.5, 0.6) is 0 Å². The number of hydrogen-bond donors (Lipinski definition) is 1. The van der Waals surface area contributed by atoms with E-state index in [1.165, 1.54) is 0 Å². The van der Waals surface area contributed by atoms with Gasteiger partial charge < -0.3 is 5.73 Å². The molecule has 1 aromatic heterocycles. The maximum absolute atomic E-state index is 12.5. The first-order valence-corrected chi connectivity index (χ1v) is 6.41. The lowest BCUT2D eigenvalue weighted by atomic mass is 9.93. The molecule has 0 aliphatic carbocycles. The summed E-state index contributed by atoms with van der Waals surface area (Å²) in [6.45, 7) is 0.278. The summed E-state index contributed by atoms with van der Waals surface area (Å²) in [4.78, 5) is 12.5. The van der Waals surface area contributed by atoms with Gasteiger partial charge in [-0.3, -0.25) is 9.48 Å². The molecular formula is C13H14BrN3O. The van der Waals surface area contributed by atoms with E-state index in [4.69, 9.17) is 5.73 Å². The highest BCUT2D eigenvalue weighted by Gasteiger charge is 2.25. The quantitative estimate of drug-likeness (QED) is 0.880. The van der Waals surface area contributed by atoms with Gasteiger partial charge >= 0.3 is 0 Å². The molecule has 0 saturated carbocycles. The van der Waals surface area contributed by atoms with E-state index in [0.717, 1.165) is 5.56 Å². The van der Waals surface area contributed by atoms with Crippen LogP contribution in [-0.2, 0) is 7.05 Å². The first-order chi connectivity index (χ1) is 8.65. The van der Waals surface area contributed by atoms with Gasteiger partial charge in [-0.05, 0) is 21.5 Å². The lowest BCUT2D eigenvalue weighted by molar-refractivity contribution is 0.0952. The van der Waals surface area contributed by atoms with Gasteiger partial charge in [0.25, 0.3) is 0 Å². The van der Waals surface area contributed by atoms with Gasteiger partial charge in [-0.1, -0.05) is 30.3 Å². The average molecular weight is 308 g/mol. The van der Waals surface area contributed by atoms with Crippen LogP contribution in [0.1, 0.15) is 22.0 Å². The third kappa shape index (κ3) is 2.37. The maximum Gasteiger partial charge on any atom is 0.190 e. The van der Waals surface area contributed by atoms with Gasteiger partial charge in [-0.2, -0.15) is 5.10 Å². The van der Waals surface area contributed by atoms with Crippen LogP contribution in [0.25, 0.3) is 0 Å². The van der Waals surface area contributed by atoms with E-state index in [9.17, 15) is 4.79 Å². The lowest BCUT2D eigenvalue weighted by Gasteiger charge is -2.14. The highest BCUT2D eigenvalue weighted by atomic mass is 79.9. The molecule has 0 radical (unpaired) electrons. The summed E-state index contributed by atoms with van der Waals surface area (Å²) in [5, 5.41) is 4.06. The van der Waals surface area contributed by atoms with E-state index in [1.54, 1.807) is 17.9 Å². The van der Waals surface area contributed by atoms with Crippen molar-refractivity contribution < 1.29 is 4.79 Å². The maximum atomic E-state index is 12.5. The van der Waals surface area contributed by atoms with Crippen LogP contribution in [0, 0.1) is 0 Å². The minimum Gasteiger partial charge on any atom is -0.329 e. The molecule has 0 fully saturated rings. The van der Waals surface area contributed by atoms with Crippen molar-refractivity contribution in [2.45, 2.75) is 5.92 Å². The fourth-order valence-corrected chi connectivity index (χ4v) is 2.48. The average Bonchev–Trinajstić information content (AvgIpc) is 2.71. The molecule has 1 unspecified atom stereocenters. The van der Waals surface area contributed by atoms with Crippen LogP contribution in [-0.4, -0.2) is 22.1 Å². The molecule has 5 heteroatoms. The Labute approximate surface area is 114 Å². The number of rotatable bonds is 4. The van der Waals surface area contributed by atoms with Gasteiger partial charge in [0.2, 0.25) is 0 Å². The standard InChI is InChI=1S/C13H14BrN3O/c1-17-12(11(14)8-16-17)13(18)10(7-15)9-5-3-2-4-6-9/h2-6,8,10H,7,15H2,1H3. The Morgan fingerprint density at radius 3 is 2.61 bits per heavy atom. The van der Waals surface area contributed by atoms with Crippen molar-refractivity contribution in [3.05, 3.63) is 52.3 Å². The Balaban J connectivity index is 2.38. The van der Waals surface area contributed by atoms with Crippen LogP contribution in [0.2, 0.25) is 0 Å². The first-order valence-electron chi connectivity index (χ1n) is 5.62. The minimum atomic E-state index is -0.335. The van der Waals surface area contributed by atoms with Gasteiger partial charge in [0, 0.05) is 13.6 Å². The van der Waals surface area contributed by atoms with Crippen molar-refractivity contribution in [2.75, 3.05) is 6.54 Å². The summed E-state index contributed by atoms with van der Waals surface area (Å²) < 4.78 is 2.27. The van der Waals surface area contributed by atoms with Crippen LogP contribution in [0.15, 0.2) is 41.0 Å². The fraction of sp³-hybridized carbons (Fsp3) is 0.231. The molecule has 0 aliphatic heterocycles. The van der Waals surface area contributed by atoms with Crippen LogP contribution < -0.4 is 5.73 Å². The molecule has 1 atom stereocenters. The third-order valence-corrected chi connectivity index (χ3v) is 3.46. The molecule has 0 saturated heterocycles. The summed E-state index contributed by atoms with van der Waals surface area (Å²) in [6.07, 6.45) is 1.62.